The van der Waals surface area contributed by atoms with Crippen LogP contribution in [0.3, 0.4) is 0 Å². The second-order valence-electron chi connectivity index (χ2n) is 7.45. The average molecular weight is 270 g/mol. The van der Waals surface area contributed by atoms with Gasteiger partial charge in [-0.25, -0.2) is 0 Å². The maximum atomic E-state index is 12.4. The fourth-order valence-corrected chi connectivity index (χ4v) is 2.52. The minimum Gasteiger partial charge on any atom is -0.379 e. The Morgan fingerprint density at radius 3 is 2.58 bits per heavy atom. The molecular formula is C15H30N2O2. The van der Waals surface area contributed by atoms with Gasteiger partial charge in [0.2, 0.25) is 0 Å². The summed E-state index contributed by atoms with van der Waals surface area (Å²) < 4.78 is 0. The molecule has 0 aromatic heterocycles. The summed E-state index contributed by atoms with van der Waals surface area (Å²) in [5, 5.41) is 13.8. The van der Waals surface area contributed by atoms with E-state index in [2.05, 4.69) is 39.9 Å². The summed E-state index contributed by atoms with van der Waals surface area (Å²) in [6, 6.07) is 0. The standard InChI is InChI=1S/C15H30N2O2/c1-12(2)9-16-10-15(19)7-6-8-17(13(15)18)11-14(3,4)5/h12,16,19H,6-11H2,1-5H3/t15-/m1/s1. The predicted octanol–water partition coefficient (Wildman–Crippen LogP) is 1.63. The second-order valence-corrected chi connectivity index (χ2v) is 7.45. The molecule has 112 valence electrons. The molecule has 1 heterocycles. The van der Waals surface area contributed by atoms with Crippen molar-refractivity contribution in [1.82, 2.24) is 10.2 Å². The van der Waals surface area contributed by atoms with Gasteiger partial charge >= 0.3 is 0 Å². The molecule has 0 spiro atoms. The van der Waals surface area contributed by atoms with Crippen molar-refractivity contribution in [2.75, 3.05) is 26.2 Å². The number of nitrogens with zero attached hydrogens (tertiary/aromatic N) is 1. The molecule has 0 aromatic rings. The smallest absolute Gasteiger partial charge is 0.255 e. The fraction of sp³-hybridized carbons (Fsp3) is 0.933. The van der Waals surface area contributed by atoms with E-state index < -0.39 is 5.60 Å². The molecule has 0 aromatic carbocycles. The zero-order valence-electron chi connectivity index (χ0n) is 13.1. The first-order valence-corrected chi connectivity index (χ1v) is 7.36. The lowest BCUT2D eigenvalue weighted by Gasteiger charge is -2.41. The Labute approximate surface area is 117 Å². The van der Waals surface area contributed by atoms with Gasteiger partial charge in [0, 0.05) is 19.6 Å². The molecular weight excluding hydrogens is 240 g/mol. The average Bonchev–Trinajstić information content (AvgIpc) is 2.23. The normalized spacial score (nSPS) is 25.2. The highest BCUT2D eigenvalue weighted by atomic mass is 16.3. The van der Waals surface area contributed by atoms with Gasteiger partial charge in [0.25, 0.3) is 5.91 Å². The minimum absolute atomic E-state index is 0.0687. The van der Waals surface area contributed by atoms with Crippen molar-refractivity contribution in [2.45, 2.75) is 53.1 Å². The van der Waals surface area contributed by atoms with Crippen LogP contribution in [0.4, 0.5) is 0 Å². The number of carbonyl (C=O) groups excluding carboxylic acids is 1. The van der Waals surface area contributed by atoms with Crippen molar-refractivity contribution in [3.63, 3.8) is 0 Å². The molecule has 19 heavy (non-hydrogen) atoms. The summed E-state index contributed by atoms with van der Waals surface area (Å²) in [6.45, 7) is 13.2. The van der Waals surface area contributed by atoms with Crippen molar-refractivity contribution < 1.29 is 9.90 Å². The van der Waals surface area contributed by atoms with Crippen LogP contribution in [0.5, 0.6) is 0 Å². The van der Waals surface area contributed by atoms with Gasteiger partial charge < -0.3 is 15.3 Å². The molecule has 0 bridgehead atoms. The molecule has 0 aliphatic carbocycles. The minimum atomic E-state index is -1.21. The lowest BCUT2D eigenvalue weighted by atomic mass is 9.88. The second kappa shape index (κ2) is 6.23. The summed E-state index contributed by atoms with van der Waals surface area (Å²) in [5.74, 6) is 0.415. The van der Waals surface area contributed by atoms with E-state index in [0.717, 1.165) is 19.5 Å². The van der Waals surface area contributed by atoms with Crippen LogP contribution in [0.1, 0.15) is 47.5 Å². The van der Waals surface area contributed by atoms with Crippen LogP contribution in [0.2, 0.25) is 0 Å². The molecule has 2 N–H and O–H groups in total. The molecule has 1 fully saturated rings. The Hall–Kier alpha value is -0.610. The number of carbonyl (C=O) groups is 1. The number of hydrogen-bond donors (Lipinski definition) is 2. The highest BCUT2D eigenvalue weighted by molar-refractivity contribution is 5.86. The number of amides is 1. The Kier molecular flexibility index (Phi) is 5.39. The van der Waals surface area contributed by atoms with E-state index in [9.17, 15) is 9.90 Å². The number of hydrogen-bond acceptors (Lipinski definition) is 3. The third kappa shape index (κ3) is 5.11. The molecule has 1 aliphatic heterocycles. The zero-order valence-corrected chi connectivity index (χ0v) is 13.1. The molecule has 1 rings (SSSR count). The highest BCUT2D eigenvalue weighted by Crippen LogP contribution is 2.25. The molecule has 1 saturated heterocycles. The molecule has 4 nitrogen and oxygen atoms in total. The predicted molar refractivity (Wildman–Crippen MR) is 77.9 cm³/mol. The Balaban J connectivity index is 2.60. The van der Waals surface area contributed by atoms with Crippen molar-refractivity contribution in [3.05, 3.63) is 0 Å². The van der Waals surface area contributed by atoms with Gasteiger partial charge in [-0.05, 0) is 30.7 Å². The van der Waals surface area contributed by atoms with Crippen LogP contribution < -0.4 is 5.32 Å². The molecule has 1 aliphatic rings. The number of likely N-dealkylation sites (tertiary alicyclic amines) is 1. The third-order valence-corrected chi connectivity index (χ3v) is 3.34. The molecule has 0 unspecified atom stereocenters. The lowest BCUT2D eigenvalue weighted by molar-refractivity contribution is -0.158. The van der Waals surface area contributed by atoms with Crippen molar-refractivity contribution in [1.29, 1.82) is 0 Å². The first-order valence-electron chi connectivity index (χ1n) is 7.36. The topological polar surface area (TPSA) is 52.6 Å². The van der Waals surface area contributed by atoms with Crippen LogP contribution in [0, 0.1) is 11.3 Å². The summed E-state index contributed by atoms with van der Waals surface area (Å²) in [4.78, 5) is 14.3. The Bertz CT molecular complexity index is 310. The first kappa shape index (κ1) is 16.4. The molecule has 0 saturated carbocycles. The summed E-state index contributed by atoms with van der Waals surface area (Å²) in [7, 11) is 0. The molecule has 1 atom stereocenters. The van der Waals surface area contributed by atoms with Crippen LogP contribution in [-0.4, -0.2) is 47.7 Å². The van der Waals surface area contributed by atoms with E-state index >= 15 is 0 Å². The fourth-order valence-electron chi connectivity index (χ4n) is 2.52. The van der Waals surface area contributed by atoms with Crippen molar-refractivity contribution >= 4 is 5.91 Å². The van der Waals surface area contributed by atoms with Crippen LogP contribution in [-0.2, 0) is 4.79 Å². The molecule has 1 amide bonds. The van der Waals surface area contributed by atoms with E-state index in [-0.39, 0.29) is 11.3 Å². The molecule has 4 heteroatoms. The van der Waals surface area contributed by atoms with Gasteiger partial charge in [-0.3, -0.25) is 4.79 Å². The Morgan fingerprint density at radius 2 is 2.05 bits per heavy atom. The van der Waals surface area contributed by atoms with E-state index in [1.54, 1.807) is 0 Å². The van der Waals surface area contributed by atoms with Crippen molar-refractivity contribution in [2.24, 2.45) is 11.3 Å². The number of nitrogens with one attached hydrogen (secondary N) is 1. The first-order chi connectivity index (χ1) is 8.64. The van der Waals surface area contributed by atoms with E-state index in [1.165, 1.54) is 0 Å². The van der Waals surface area contributed by atoms with Gasteiger partial charge in [-0.1, -0.05) is 34.6 Å². The maximum absolute atomic E-state index is 12.4. The molecule has 0 radical (unpaired) electrons. The largest absolute Gasteiger partial charge is 0.379 e. The van der Waals surface area contributed by atoms with Crippen LogP contribution >= 0.6 is 0 Å². The van der Waals surface area contributed by atoms with Gasteiger partial charge in [0.15, 0.2) is 5.60 Å². The SMILES string of the molecule is CC(C)CNC[C@]1(O)CCCN(CC(C)(C)C)C1=O. The van der Waals surface area contributed by atoms with Crippen LogP contribution in [0.25, 0.3) is 0 Å². The van der Waals surface area contributed by atoms with E-state index in [0.29, 0.717) is 25.4 Å². The monoisotopic (exact) mass is 270 g/mol. The summed E-state index contributed by atoms with van der Waals surface area (Å²) >= 11 is 0. The number of aliphatic hydroxyl groups is 1. The van der Waals surface area contributed by atoms with Gasteiger partial charge in [-0.15, -0.1) is 0 Å². The Morgan fingerprint density at radius 1 is 1.42 bits per heavy atom. The van der Waals surface area contributed by atoms with Gasteiger partial charge in [0.1, 0.15) is 0 Å². The van der Waals surface area contributed by atoms with Gasteiger partial charge in [-0.2, -0.15) is 0 Å². The quantitative estimate of drug-likeness (QED) is 0.798. The highest BCUT2D eigenvalue weighted by Gasteiger charge is 2.42. The summed E-state index contributed by atoms with van der Waals surface area (Å²) in [5.41, 5.74) is -1.14. The zero-order chi connectivity index (χ0) is 14.7. The number of piperidine rings is 1. The maximum Gasteiger partial charge on any atom is 0.255 e. The van der Waals surface area contributed by atoms with Crippen molar-refractivity contribution in [3.8, 4) is 0 Å². The van der Waals surface area contributed by atoms with Crippen LogP contribution in [0.15, 0.2) is 0 Å². The van der Waals surface area contributed by atoms with E-state index in [4.69, 9.17) is 0 Å². The van der Waals surface area contributed by atoms with Gasteiger partial charge in [0.05, 0.1) is 0 Å². The lowest BCUT2D eigenvalue weighted by Crippen LogP contribution is -2.59. The van der Waals surface area contributed by atoms with E-state index in [1.807, 2.05) is 4.90 Å². The third-order valence-electron chi connectivity index (χ3n) is 3.34. The number of rotatable bonds is 5. The summed E-state index contributed by atoms with van der Waals surface area (Å²) in [6.07, 6.45) is 1.44.